The van der Waals surface area contributed by atoms with E-state index in [1.165, 1.54) is 45.9 Å². The number of hydrogen-bond donors (Lipinski definition) is 3. The number of sulfone groups is 1. The average Bonchev–Trinajstić information content (AvgIpc) is 3.26. The van der Waals surface area contributed by atoms with E-state index in [0.717, 1.165) is 24.5 Å². The first-order valence-electron chi connectivity index (χ1n) is 9.95. The van der Waals surface area contributed by atoms with Crippen molar-refractivity contribution in [2.45, 2.75) is 34.2 Å². The Hall–Kier alpha value is -1.91. The van der Waals surface area contributed by atoms with Crippen LogP contribution in [0.15, 0.2) is 45.5 Å². The number of carbonyl (C=O) groups excluding carboxylic acids is 2. The van der Waals surface area contributed by atoms with Gasteiger partial charge in [-0.25, -0.2) is 21.6 Å². The number of Topliss-reactive ketones (excluding diaryl/α,β-unsaturated/α-hetero) is 1. The van der Waals surface area contributed by atoms with Crippen LogP contribution in [0.5, 0.6) is 0 Å². The Morgan fingerprint density at radius 2 is 1.80 bits per heavy atom. The summed E-state index contributed by atoms with van der Waals surface area (Å²) >= 11 is 0.911. The molecule has 35 heavy (non-hydrogen) atoms. The zero-order valence-electron chi connectivity index (χ0n) is 18.7. The number of rotatable bonds is 14. The molecule has 0 aliphatic rings. The molecule has 3 N–H and O–H groups in total. The third-order valence-corrected chi connectivity index (χ3v) is 11.0. The van der Waals surface area contributed by atoms with Crippen LogP contribution in [0.1, 0.15) is 28.6 Å². The summed E-state index contributed by atoms with van der Waals surface area (Å²) in [6.07, 6.45) is 0.432. The molecule has 1 heterocycles. The number of carboxylic acid groups (broad SMARTS) is 1. The number of benzene rings is 1. The Labute approximate surface area is 215 Å². The Morgan fingerprint density at radius 3 is 2.40 bits per heavy atom. The first kappa shape index (κ1) is 29.3. The van der Waals surface area contributed by atoms with Crippen molar-refractivity contribution < 1.29 is 36.3 Å². The number of aliphatic carboxylic acids is 1. The number of sulfonamides is 1. The molecule has 1 aromatic carbocycles. The number of nitrogens with one attached hydrogen (secondary N) is 2. The van der Waals surface area contributed by atoms with Crippen LogP contribution in [0.3, 0.4) is 0 Å². The zero-order chi connectivity index (χ0) is 26.2. The maximum absolute atomic E-state index is 12.6. The lowest BCUT2D eigenvalue weighted by molar-refractivity contribution is -0.139. The normalized spacial score (nSPS) is 12.7. The highest BCUT2D eigenvalue weighted by Crippen LogP contribution is 2.27. The van der Waals surface area contributed by atoms with E-state index in [2.05, 4.69) is 10.0 Å². The van der Waals surface area contributed by atoms with Crippen LogP contribution in [0.2, 0.25) is 0 Å². The van der Waals surface area contributed by atoms with Gasteiger partial charge in [0.1, 0.15) is 9.99 Å². The highest BCUT2D eigenvalue weighted by Gasteiger charge is 2.25. The predicted octanol–water partition coefficient (Wildman–Crippen LogP) is 2.17. The molecule has 0 radical (unpaired) electrons. The number of amides is 1. The largest absolute Gasteiger partial charge is 0.481 e. The van der Waals surface area contributed by atoms with Crippen LogP contribution in [-0.4, -0.2) is 64.2 Å². The van der Waals surface area contributed by atoms with Crippen LogP contribution in [0.25, 0.3) is 0 Å². The molecule has 1 aromatic heterocycles. The van der Waals surface area contributed by atoms with Crippen molar-refractivity contribution in [1.29, 1.82) is 0 Å². The topological polar surface area (TPSA) is 164 Å². The van der Waals surface area contributed by atoms with E-state index in [-0.39, 0.29) is 15.0 Å². The fourth-order valence-corrected chi connectivity index (χ4v) is 7.74. The highest BCUT2D eigenvalue weighted by molar-refractivity contribution is 8.76. The fourth-order valence-electron chi connectivity index (χ4n) is 2.60. The van der Waals surface area contributed by atoms with E-state index in [1.807, 2.05) is 0 Å². The summed E-state index contributed by atoms with van der Waals surface area (Å²) in [5.41, 5.74) is 0.707. The van der Waals surface area contributed by atoms with Crippen LogP contribution < -0.4 is 10.0 Å². The van der Waals surface area contributed by atoms with Gasteiger partial charge >= 0.3 is 5.97 Å². The van der Waals surface area contributed by atoms with Crippen molar-refractivity contribution in [3.8, 4) is 0 Å². The van der Waals surface area contributed by atoms with Crippen LogP contribution in [0.4, 0.5) is 0 Å². The molecule has 0 aliphatic carbocycles. The smallest absolute Gasteiger partial charge is 0.305 e. The molecular weight excluding hydrogens is 557 g/mol. The zero-order valence-corrected chi connectivity index (χ0v) is 22.8. The summed E-state index contributed by atoms with van der Waals surface area (Å²) in [4.78, 5) is 34.8. The van der Waals surface area contributed by atoms with Crippen LogP contribution in [0, 0.1) is 0 Å². The maximum Gasteiger partial charge on any atom is 0.305 e. The molecule has 2 rings (SSSR count). The van der Waals surface area contributed by atoms with Gasteiger partial charge < -0.3 is 10.4 Å². The van der Waals surface area contributed by atoms with Crippen molar-refractivity contribution in [2.75, 3.05) is 18.6 Å². The lowest BCUT2D eigenvalue weighted by atomic mass is 10.1. The standard InChI is InChI=1S/C20H24N2O8S5/c1-13(23)16(11-18(24)25)22-35(29,30)15-5-3-4-14(10-15)12-32-31-9-8-21-20(26)17-6-7-19(33-17)34(2,27)28/h3-7,10,16,22H,8-9,11-12H2,1-2H3,(H,21,26)(H,24,25). The third kappa shape index (κ3) is 9.57. The molecule has 0 bridgehead atoms. The van der Waals surface area contributed by atoms with E-state index in [0.29, 0.717) is 28.5 Å². The van der Waals surface area contributed by atoms with Gasteiger partial charge in [0.2, 0.25) is 10.0 Å². The van der Waals surface area contributed by atoms with Crippen molar-refractivity contribution in [1.82, 2.24) is 10.0 Å². The second-order valence-corrected chi connectivity index (χ2v) is 14.9. The number of hydrogen-bond acceptors (Lipinski definition) is 10. The van der Waals surface area contributed by atoms with Gasteiger partial charge in [-0.05, 0) is 36.8 Å². The second kappa shape index (κ2) is 12.9. The summed E-state index contributed by atoms with van der Waals surface area (Å²) in [6.45, 7) is 1.48. The van der Waals surface area contributed by atoms with Crippen LogP contribution >= 0.6 is 32.9 Å². The molecule has 15 heteroatoms. The number of carbonyl (C=O) groups is 3. The summed E-state index contributed by atoms with van der Waals surface area (Å²) in [7, 11) is -4.53. The van der Waals surface area contributed by atoms with E-state index in [4.69, 9.17) is 5.11 Å². The number of carboxylic acids is 1. The minimum atomic E-state index is -4.09. The predicted molar refractivity (Wildman–Crippen MR) is 137 cm³/mol. The monoisotopic (exact) mass is 580 g/mol. The lowest BCUT2D eigenvalue weighted by Gasteiger charge is -2.14. The van der Waals surface area contributed by atoms with E-state index >= 15 is 0 Å². The third-order valence-electron chi connectivity index (χ3n) is 4.33. The van der Waals surface area contributed by atoms with Gasteiger partial charge in [0.25, 0.3) is 5.91 Å². The number of thiophene rings is 1. The molecule has 0 saturated carbocycles. The second-order valence-electron chi connectivity index (χ2n) is 7.26. The molecule has 0 fully saturated rings. The van der Waals surface area contributed by atoms with Gasteiger partial charge in [-0.3, -0.25) is 14.4 Å². The van der Waals surface area contributed by atoms with Gasteiger partial charge in [0.05, 0.1) is 22.2 Å². The average molecular weight is 581 g/mol. The summed E-state index contributed by atoms with van der Waals surface area (Å²) in [6, 6.07) is 7.62. The van der Waals surface area contributed by atoms with Crippen molar-refractivity contribution in [2.24, 2.45) is 0 Å². The maximum atomic E-state index is 12.6. The SMILES string of the molecule is CC(=O)C(CC(=O)O)NS(=O)(=O)c1cccc(CSSCCNC(=O)c2ccc(S(C)(=O)=O)s2)c1. The summed E-state index contributed by atoms with van der Waals surface area (Å²) in [5, 5.41) is 11.6. The van der Waals surface area contributed by atoms with Gasteiger partial charge in [-0.15, -0.1) is 11.3 Å². The van der Waals surface area contributed by atoms with Crippen molar-refractivity contribution in [3.05, 3.63) is 46.8 Å². The quantitative estimate of drug-likeness (QED) is 0.223. The molecule has 1 amide bonds. The van der Waals surface area contributed by atoms with Gasteiger partial charge in [-0.1, -0.05) is 33.7 Å². The van der Waals surface area contributed by atoms with E-state index < -0.39 is 44.1 Å². The van der Waals surface area contributed by atoms with Gasteiger partial charge in [-0.2, -0.15) is 0 Å². The minimum absolute atomic E-state index is 0.0751. The molecule has 0 saturated heterocycles. The van der Waals surface area contributed by atoms with Gasteiger partial charge in [0, 0.05) is 24.3 Å². The Bertz CT molecular complexity index is 1290. The summed E-state index contributed by atoms with van der Waals surface area (Å²) < 4.78 is 50.5. The van der Waals surface area contributed by atoms with Crippen LogP contribution in [-0.2, 0) is 35.2 Å². The van der Waals surface area contributed by atoms with Gasteiger partial charge in [0.15, 0.2) is 9.84 Å². The lowest BCUT2D eigenvalue weighted by Crippen LogP contribution is -2.41. The molecule has 0 aliphatic heterocycles. The summed E-state index contributed by atoms with van der Waals surface area (Å²) in [5.74, 6) is -1.21. The Balaban J connectivity index is 1.82. The fraction of sp³-hybridized carbons (Fsp3) is 0.350. The molecule has 192 valence electrons. The molecule has 0 spiro atoms. The molecule has 1 unspecified atom stereocenters. The van der Waals surface area contributed by atoms with Crippen molar-refractivity contribution >= 4 is 70.4 Å². The molecule has 2 aromatic rings. The first-order chi connectivity index (χ1) is 16.3. The molecular formula is C20H24N2O8S5. The minimum Gasteiger partial charge on any atom is -0.481 e. The number of ketones is 1. The van der Waals surface area contributed by atoms with Crippen molar-refractivity contribution in [3.63, 3.8) is 0 Å². The van der Waals surface area contributed by atoms with E-state index in [1.54, 1.807) is 12.1 Å². The Morgan fingerprint density at radius 1 is 1.09 bits per heavy atom. The molecule has 1 atom stereocenters. The van der Waals surface area contributed by atoms with E-state index in [9.17, 15) is 31.2 Å². The highest BCUT2D eigenvalue weighted by atomic mass is 33.1. The Kier molecular flexibility index (Phi) is 10.8. The molecule has 10 nitrogen and oxygen atoms in total. The first-order valence-corrected chi connectivity index (χ1v) is 16.6.